The van der Waals surface area contributed by atoms with Crippen LogP contribution >= 0.6 is 15.9 Å². The van der Waals surface area contributed by atoms with Crippen molar-refractivity contribution < 1.29 is 13.2 Å². The number of rotatable bonds is 5. The normalized spacial score (nSPS) is 17.2. The monoisotopic (exact) mass is 423 g/mol. The predicted octanol–water partition coefficient (Wildman–Crippen LogP) is 3.93. The molecule has 0 spiro atoms. The van der Waals surface area contributed by atoms with Crippen LogP contribution in [0.1, 0.15) is 25.0 Å². The molecule has 1 aliphatic rings. The van der Waals surface area contributed by atoms with Gasteiger partial charge in [-0.15, -0.1) is 0 Å². The molecule has 1 atom stereocenters. The van der Waals surface area contributed by atoms with Crippen molar-refractivity contribution in [2.45, 2.75) is 37.6 Å². The zero-order chi connectivity index (χ0) is 18.0. The highest BCUT2D eigenvalue weighted by Crippen LogP contribution is 2.28. The van der Waals surface area contributed by atoms with Gasteiger partial charge < -0.3 is 4.74 Å². The fourth-order valence-electron chi connectivity index (χ4n) is 3.00. The smallest absolute Gasteiger partial charge is 0.240 e. The summed E-state index contributed by atoms with van der Waals surface area (Å²) in [6, 6.07) is 12.6. The first-order valence-electron chi connectivity index (χ1n) is 8.36. The van der Waals surface area contributed by atoms with Gasteiger partial charge in [0.05, 0.1) is 10.9 Å². The molecule has 3 rings (SSSR count). The van der Waals surface area contributed by atoms with Gasteiger partial charge in [-0.1, -0.05) is 41.9 Å². The molecule has 0 amide bonds. The number of sulfonamides is 1. The van der Waals surface area contributed by atoms with Crippen LogP contribution in [0.25, 0.3) is 0 Å². The van der Waals surface area contributed by atoms with E-state index in [1.165, 1.54) is 0 Å². The molecule has 134 valence electrons. The molecule has 0 aliphatic carbocycles. The highest BCUT2D eigenvalue weighted by Gasteiger charge is 2.25. The lowest BCUT2D eigenvalue weighted by atomic mass is 10.0. The van der Waals surface area contributed by atoms with E-state index in [0.717, 1.165) is 27.8 Å². The zero-order valence-electron chi connectivity index (χ0n) is 14.3. The first-order chi connectivity index (χ1) is 11.8. The third-order valence-electron chi connectivity index (χ3n) is 4.13. The van der Waals surface area contributed by atoms with E-state index in [1.807, 2.05) is 30.3 Å². The lowest BCUT2D eigenvalue weighted by Gasteiger charge is -2.26. The molecule has 0 unspecified atom stereocenters. The Labute approximate surface area is 157 Å². The van der Waals surface area contributed by atoms with Crippen LogP contribution in [-0.4, -0.2) is 21.1 Å². The highest BCUT2D eigenvalue weighted by atomic mass is 79.9. The van der Waals surface area contributed by atoms with E-state index in [9.17, 15) is 8.42 Å². The summed E-state index contributed by atoms with van der Waals surface area (Å²) in [7, 11) is -3.56. The molecule has 2 aromatic rings. The van der Waals surface area contributed by atoms with Crippen LogP contribution in [0.15, 0.2) is 51.8 Å². The molecular weight excluding hydrogens is 402 g/mol. The summed E-state index contributed by atoms with van der Waals surface area (Å²) in [5, 5.41) is 0. The lowest BCUT2D eigenvalue weighted by molar-refractivity contribution is 0.254. The van der Waals surface area contributed by atoms with Gasteiger partial charge in [-0.3, -0.25) is 0 Å². The van der Waals surface area contributed by atoms with Crippen LogP contribution in [0.2, 0.25) is 0 Å². The van der Waals surface area contributed by atoms with Gasteiger partial charge in [0.1, 0.15) is 12.4 Å². The topological polar surface area (TPSA) is 55.4 Å². The number of ether oxygens (including phenoxy) is 1. The minimum Gasteiger partial charge on any atom is -0.492 e. The third kappa shape index (κ3) is 4.63. The molecule has 1 heterocycles. The molecule has 1 aliphatic heterocycles. The summed E-state index contributed by atoms with van der Waals surface area (Å²) in [6.07, 6.45) is 1.55. The van der Waals surface area contributed by atoms with E-state index in [1.54, 1.807) is 12.1 Å². The van der Waals surface area contributed by atoms with Crippen molar-refractivity contribution in [1.82, 2.24) is 4.72 Å². The molecular formula is C19H22BrNO3S. The van der Waals surface area contributed by atoms with Crippen LogP contribution in [0.3, 0.4) is 0 Å². The van der Waals surface area contributed by atoms with Gasteiger partial charge in [-0.25, -0.2) is 13.1 Å². The van der Waals surface area contributed by atoms with Crippen molar-refractivity contribution in [1.29, 1.82) is 0 Å². The van der Waals surface area contributed by atoms with Crippen LogP contribution in [0, 0.1) is 5.92 Å². The largest absolute Gasteiger partial charge is 0.492 e. The standard InChI is InChI=1S/C19H22BrNO3S/c1-13(2)9-14-3-6-18(7-4-14)25(22,23)21-17-11-15-10-16(20)5-8-19(15)24-12-17/h3-8,10,13,17,21H,9,11-12H2,1-2H3/t17-/m0/s1. The Morgan fingerprint density at radius 1 is 1.20 bits per heavy atom. The molecule has 0 bridgehead atoms. The minimum atomic E-state index is -3.56. The summed E-state index contributed by atoms with van der Waals surface area (Å²) in [5.74, 6) is 1.36. The van der Waals surface area contributed by atoms with Gasteiger partial charge in [0.2, 0.25) is 10.0 Å². The number of hydrogen-bond acceptors (Lipinski definition) is 3. The molecule has 0 saturated carbocycles. The molecule has 0 saturated heterocycles. The maximum absolute atomic E-state index is 12.6. The van der Waals surface area contributed by atoms with Gasteiger partial charge >= 0.3 is 0 Å². The number of halogens is 1. The quantitative estimate of drug-likeness (QED) is 0.792. The minimum absolute atomic E-state index is 0.276. The number of fused-ring (bicyclic) bond motifs is 1. The summed E-state index contributed by atoms with van der Waals surface area (Å²) in [6.45, 7) is 4.62. The fourth-order valence-corrected chi connectivity index (χ4v) is 4.63. The van der Waals surface area contributed by atoms with Crippen molar-refractivity contribution in [2.75, 3.05) is 6.61 Å². The van der Waals surface area contributed by atoms with Crippen molar-refractivity contribution >= 4 is 26.0 Å². The second-order valence-electron chi connectivity index (χ2n) is 6.83. The van der Waals surface area contributed by atoms with Gasteiger partial charge in [0.25, 0.3) is 0 Å². The molecule has 4 nitrogen and oxygen atoms in total. The van der Waals surface area contributed by atoms with Crippen molar-refractivity contribution in [3.05, 3.63) is 58.1 Å². The number of benzene rings is 2. The molecule has 6 heteroatoms. The Morgan fingerprint density at radius 3 is 2.60 bits per heavy atom. The molecule has 2 aromatic carbocycles. The van der Waals surface area contributed by atoms with Gasteiger partial charge in [-0.05, 0) is 60.2 Å². The first-order valence-corrected chi connectivity index (χ1v) is 10.6. The Balaban J connectivity index is 1.71. The fraction of sp³-hybridized carbons (Fsp3) is 0.368. The molecule has 1 N–H and O–H groups in total. The van der Waals surface area contributed by atoms with Crippen LogP contribution in [-0.2, 0) is 22.9 Å². The molecule has 25 heavy (non-hydrogen) atoms. The number of hydrogen-bond donors (Lipinski definition) is 1. The van der Waals surface area contributed by atoms with Crippen LogP contribution < -0.4 is 9.46 Å². The van der Waals surface area contributed by atoms with E-state index in [4.69, 9.17) is 4.74 Å². The maximum Gasteiger partial charge on any atom is 0.240 e. The van der Waals surface area contributed by atoms with Gasteiger partial charge in [0, 0.05) is 4.47 Å². The zero-order valence-corrected chi connectivity index (χ0v) is 16.7. The molecule has 0 aromatic heterocycles. The Bertz CT molecular complexity index is 847. The summed E-state index contributed by atoms with van der Waals surface area (Å²) in [4.78, 5) is 0.292. The molecule has 0 fully saturated rings. The Hall–Kier alpha value is -1.37. The van der Waals surface area contributed by atoms with E-state index in [2.05, 4.69) is 34.5 Å². The van der Waals surface area contributed by atoms with E-state index in [0.29, 0.717) is 23.8 Å². The maximum atomic E-state index is 12.6. The SMILES string of the molecule is CC(C)Cc1ccc(S(=O)(=O)N[C@@H]2COc3ccc(Br)cc3C2)cc1. The van der Waals surface area contributed by atoms with E-state index in [-0.39, 0.29) is 6.04 Å². The van der Waals surface area contributed by atoms with Crippen LogP contribution in [0.4, 0.5) is 0 Å². The lowest BCUT2D eigenvalue weighted by Crippen LogP contribution is -2.42. The second kappa shape index (κ2) is 7.48. The van der Waals surface area contributed by atoms with Gasteiger partial charge in [-0.2, -0.15) is 0 Å². The summed E-state index contributed by atoms with van der Waals surface area (Å²) >= 11 is 3.44. The number of nitrogens with one attached hydrogen (secondary N) is 1. The van der Waals surface area contributed by atoms with E-state index >= 15 is 0 Å². The average molecular weight is 424 g/mol. The first kappa shape index (κ1) is 18.4. The Morgan fingerprint density at radius 2 is 1.92 bits per heavy atom. The van der Waals surface area contributed by atoms with Crippen LogP contribution in [0.5, 0.6) is 5.75 Å². The third-order valence-corrected chi connectivity index (χ3v) is 6.16. The van der Waals surface area contributed by atoms with Gasteiger partial charge in [0.15, 0.2) is 0 Å². The van der Waals surface area contributed by atoms with Crippen molar-refractivity contribution in [3.63, 3.8) is 0 Å². The van der Waals surface area contributed by atoms with E-state index < -0.39 is 10.0 Å². The summed E-state index contributed by atoms with van der Waals surface area (Å²) in [5.41, 5.74) is 2.15. The summed E-state index contributed by atoms with van der Waals surface area (Å²) < 4.78 is 34.7. The van der Waals surface area contributed by atoms with Crippen molar-refractivity contribution in [3.8, 4) is 5.75 Å². The Kier molecular flexibility index (Phi) is 5.51. The molecule has 0 radical (unpaired) electrons. The average Bonchev–Trinajstić information content (AvgIpc) is 2.54. The predicted molar refractivity (Wildman–Crippen MR) is 102 cm³/mol. The second-order valence-corrected chi connectivity index (χ2v) is 9.46. The van der Waals surface area contributed by atoms with Crippen molar-refractivity contribution in [2.24, 2.45) is 5.92 Å². The highest BCUT2D eigenvalue weighted by molar-refractivity contribution is 9.10.